The minimum Gasteiger partial charge on any atom is -0.382 e. The van der Waals surface area contributed by atoms with Gasteiger partial charge in [-0.25, -0.2) is 4.68 Å². The number of benzene rings is 1. The third-order valence-electron chi connectivity index (χ3n) is 2.65. The molecule has 0 spiro atoms. The van der Waals surface area contributed by atoms with E-state index in [4.69, 9.17) is 22.6 Å². The molecule has 0 saturated carbocycles. The first-order chi connectivity index (χ1) is 8.54. The van der Waals surface area contributed by atoms with E-state index in [2.05, 4.69) is 11.2 Å². The number of nitriles is 1. The van der Waals surface area contributed by atoms with Gasteiger partial charge in [-0.3, -0.25) is 0 Å². The van der Waals surface area contributed by atoms with Crippen molar-refractivity contribution in [2.24, 2.45) is 0 Å². The Balaban J connectivity index is 2.58. The van der Waals surface area contributed by atoms with Crippen LogP contribution < -0.4 is 5.73 Å². The molecule has 2 N–H and O–H groups in total. The summed E-state index contributed by atoms with van der Waals surface area (Å²) in [6.45, 7) is 4.01. The summed E-state index contributed by atoms with van der Waals surface area (Å²) < 4.78 is 1.57. The van der Waals surface area contributed by atoms with Crippen LogP contribution in [0.5, 0.6) is 0 Å². The van der Waals surface area contributed by atoms with Crippen molar-refractivity contribution in [3.05, 3.63) is 40.5 Å². The van der Waals surface area contributed by atoms with Gasteiger partial charge >= 0.3 is 0 Å². The molecule has 0 atom stereocenters. The lowest BCUT2D eigenvalue weighted by molar-refractivity contribution is 0.771. The normalized spacial score (nSPS) is 10.6. The molecular weight excluding hydrogens is 248 g/mol. The zero-order valence-electron chi connectivity index (χ0n) is 10.2. The van der Waals surface area contributed by atoms with Crippen molar-refractivity contribution in [3.63, 3.8) is 0 Å². The van der Waals surface area contributed by atoms with Gasteiger partial charge in [0.2, 0.25) is 0 Å². The number of nitrogens with two attached hydrogens (primary N) is 1. The Kier molecular flexibility index (Phi) is 3.26. The molecule has 0 unspecified atom stereocenters. The van der Waals surface area contributed by atoms with E-state index in [1.54, 1.807) is 22.9 Å². The van der Waals surface area contributed by atoms with Gasteiger partial charge < -0.3 is 5.73 Å². The standard InChI is InChI=1S/C13H13ClN4/c1-8(2)12-11(14)13(16)18(17-12)10-5-3-4-9(6-10)7-15/h3-6,8H,16H2,1-2H3. The van der Waals surface area contributed by atoms with Crippen molar-refractivity contribution < 1.29 is 0 Å². The number of nitrogen functional groups attached to an aromatic ring is 1. The van der Waals surface area contributed by atoms with Crippen LogP contribution in [0.1, 0.15) is 31.0 Å². The number of anilines is 1. The molecular formula is C13H13ClN4. The highest BCUT2D eigenvalue weighted by Crippen LogP contribution is 2.30. The Morgan fingerprint density at radius 2 is 2.17 bits per heavy atom. The van der Waals surface area contributed by atoms with Crippen LogP contribution in [0.15, 0.2) is 24.3 Å². The highest BCUT2D eigenvalue weighted by atomic mass is 35.5. The third-order valence-corrected chi connectivity index (χ3v) is 3.04. The Bertz CT molecular complexity index is 622. The number of rotatable bonds is 2. The first-order valence-electron chi connectivity index (χ1n) is 5.59. The summed E-state index contributed by atoms with van der Waals surface area (Å²) in [7, 11) is 0. The SMILES string of the molecule is CC(C)c1nn(-c2cccc(C#N)c2)c(N)c1Cl. The maximum absolute atomic E-state index is 8.89. The number of hydrogen-bond acceptors (Lipinski definition) is 3. The molecule has 0 aliphatic rings. The molecule has 0 fully saturated rings. The Morgan fingerprint density at radius 1 is 1.44 bits per heavy atom. The van der Waals surface area contributed by atoms with E-state index in [1.807, 2.05) is 19.9 Å². The van der Waals surface area contributed by atoms with Gasteiger partial charge in [-0.1, -0.05) is 31.5 Å². The molecule has 18 heavy (non-hydrogen) atoms. The monoisotopic (exact) mass is 260 g/mol. The van der Waals surface area contributed by atoms with Crippen LogP contribution in [-0.2, 0) is 0 Å². The molecule has 0 radical (unpaired) electrons. The molecule has 2 aromatic rings. The molecule has 2 rings (SSSR count). The number of hydrogen-bond donors (Lipinski definition) is 1. The van der Waals surface area contributed by atoms with Gasteiger partial charge in [0.05, 0.1) is 23.0 Å². The van der Waals surface area contributed by atoms with E-state index in [-0.39, 0.29) is 5.92 Å². The highest BCUT2D eigenvalue weighted by molar-refractivity contribution is 6.33. The van der Waals surface area contributed by atoms with Crippen molar-refractivity contribution in [1.29, 1.82) is 5.26 Å². The van der Waals surface area contributed by atoms with Gasteiger partial charge in [-0.05, 0) is 24.1 Å². The van der Waals surface area contributed by atoms with Crippen LogP contribution >= 0.6 is 11.6 Å². The van der Waals surface area contributed by atoms with Gasteiger partial charge in [0.15, 0.2) is 0 Å². The van der Waals surface area contributed by atoms with Crippen molar-refractivity contribution in [2.75, 3.05) is 5.73 Å². The highest BCUT2D eigenvalue weighted by Gasteiger charge is 2.17. The first-order valence-corrected chi connectivity index (χ1v) is 5.96. The summed E-state index contributed by atoms with van der Waals surface area (Å²) in [6.07, 6.45) is 0. The summed E-state index contributed by atoms with van der Waals surface area (Å²) in [5.41, 5.74) is 8.01. The topological polar surface area (TPSA) is 67.6 Å². The van der Waals surface area contributed by atoms with E-state index in [0.29, 0.717) is 16.4 Å². The quantitative estimate of drug-likeness (QED) is 0.902. The second-order valence-electron chi connectivity index (χ2n) is 4.31. The minimum atomic E-state index is 0.195. The van der Waals surface area contributed by atoms with Crippen molar-refractivity contribution in [3.8, 4) is 11.8 Å². The molecule has 1 heterocycles. The zero-order chi connectivity index (χ0) is 13.3. The summed E-state index contributed by atoms with van der Waals surface area (Å²) in [5.74, 6) is 0.593. The fourth-order valence-electron chi connectivity index (χ4n) is 1.70. The van der Waals surface area contributed by atoms with Crippen LogP contribution in [-0.4, -0.2) is 9.78 Å². The van der Waals surface area contributed by atoms with Crippen LogP contribution in [0.25, 0.3) is 5.69 Å². The fourth-order valence-corrected chi connectivity index (χ4v) is 2.04. The van der Waals surface area contributed by atoms with Crippen LogP contribution in [0.3, 0.4) is 0 Å². The average molecular weight is 261 g/mol. The molecule has 0 saturated heterocycles. The lowest BCUT2D eigenvalue weighted by atomic mass is 10.1. The lowest BCUT2D eigenvalue weighted by Crippen LogP contribution is -2.02. The third kappa shape index (κ3) is 2.05. The van der Waals surface area contributed by atoms with Crippen LogP contribution in [0, 0.1) is 11.3 Å². The summed E-state index contributed by atoms with van der Waals surface area (Å²) in [4.78, 5) is 0. The van der Waals surface area contributed by atoms with E-state index in [0.717, 1.165) is 11.4 Å². The molecule has 4 nitrogen and oxygen atoms in total. The van der Waals surface area contributed by atoms with Gasteiger partial charge in [-0.2, -0.15) is 10.4 Å². The van der Waals surface area contributed by atoms with E-state index >= 15 is 0 Å². The fraction of sp³-hybridized carbons (Fsp3) is 0.231. The largest absolute Gasteiger partial charge is 0.382 e. The number of nitrogens with zero attached hydrogens (tertiary/aromatic N) is 3. The summed E-state index contributed by atoms with van der Waals surface area (Å²) in [5, 5.41) is 13.8. The van der Waals surface area contributed by atoms with E-state index < -0.39 is 0 Å². The molecule has 0 amide bonds. The van der Waals surface area contributed by atoms with E-state index in [9.17, 15) is 0 Å². The van der Waals surface area contributed by atoms with Crippen molar-refractivity contribution in [2.45, 2.75) is 19.8 Å². The minimum absolute atomic E-state index is 0.195. The van der Waals surface area contributed by atoms with Gasteiger partial charge in [0, 0.05) is 0 Å². The van der Waals surface area contributed by atoms with Crippen molar-refractivity contribution in [1.82, 2.24) is 9.78 Å². The Morgan fingerprint density at radius 3 is 2.72 bits per heavy atom. The second kappa shape index (κ2) is 4.71. The summed E-state index contributed by atoms with van der Waals surface area (Å²) in [6, 6.07) is 9.17. The maximum atomic E-state index is 8.89. The molecule has 0 aliphatic heterocycles. The predicted octanol–water partition coefficient (Wildman–Crippen LogP) is 3.10. The van der Waals surface area contributed by atoms with Gasteiger partial charge in [-0.15, -0.1) is 0 Å². The summed E-state index contributed by atoms with van der Waals surface area (Å²) >= 11 is 6.16. The molecule has 92 valence electrons. The predicted molar refractivity (Wildman–Crippen MR) is 71.8 cm³/mol. The lowest BCUT2D eigenvalue weighted by Gasteiger charge is -2.03. The zero-order valence-corrected chi connectivity index (χ0v) is 10.9. The van der Waals surface area contributed by atoms with Gasteiger partial charge in [0.1, 0.15) is 10.8 Å². The molecule has 1 aromatic carbocycles. The first kappa shape index (κ1) is 12.5. The van der Waals surface area contributed by atoms with Crippen LogP contribution in [0.4, 0.5) is 5.82 Å². The van der Waals surface area contributed by atoms with Gasteiger partial charge in [0.25, 0.3) is 0 Å². The number of halogens is 1. The van der Waals surface area contributed by atoms with Crippen molar-refractivity contribution >= 4 is 17.4 Å². The molecule has 1 aromatic heterocycles. The van der Waals surface area contributed by atoms with E-state index in [1.165, 1.54) is 0 Å². The maximum Gasteiger partial charge on any atom is 0.146 e. The molecule has 0 bridgehead atoms. The second-order valence-corrected chi connectivity index (χ2v) is 4.69. The van der Waals surface area contributed by atoms with Crippen LogP contribution in [0.2, 0.25) is 5.02 Å². The number of aromatic nitrogens is 2. The molecule has 5 heteroatoms. The Labute approximate surface area is 111 Å². The average Bonchev–Trinajstić information content (AvgIpc) is 2.67. The Hall–Kier alpha value is -1.99. The molecule has 0 aliphatic carbocycles. The smallest absolute Gasteiger partial charge is 0.146 e.